The number of nitrogens with zero attached hydrogens (tertiary/aromatic N) is 2. The fraction of sp³-hybridized carbons (Fsp3) is 0.158. The molecule has 28 heavy (non-hydrogen) atoms. The number of rotatable bonds is 5. The number of amides is 1. The quantitative estimate of drug-likeness (QED) is 0.660. The van der Waals surface area contributed by atoms with Crippen molar-refractivity contribution in [1.29, 1.82) is 0 Å². The van der Waals surface area contributed by atoms with Crippen LogP contribution in [0.4, 0.5) is 22.0 Å². The van der Waals surface area contributed by atoms with Gasteiger partial charge in [0.25, 0.3) is 5.91 Å². The van der Waals surface area contributed by atoms with Gasteiger partial charge in [-0.3, -0.25) is 4.79 Å². The van der Waals surface area contributed by atoms with Crippen LogP contribution in [0.15, 0.2) is 54.7 Å². The van der Waals surface area contributed by atoms with Crippen molar-refractivity contribution < 1.29 is 26.7 Å². The highest BCUT2D eigenvalue weighted by Gasteiger charge is 2.35. The van der Waals surface area contributed by atoms with E-state index < -0.39 is 29.0 Å². The third-order valence-corrected chi connectivity index (χ3v) is 3.95. The van der Waals surface area contributed by atoms with Crippen molar-refractivity contribution in [3.63, 3.8) is 0 Å². The number of benzene rings is 2. The Hall–Kier alpha value is -3.23. The molecule has 0 aliphatic rings. The van der Waals surface area contributed by atoms with Crippen molar-refractivity contribution >= 4 is 5.91 Å². The summed E-state index contributed by atoms with van der Waals surface area (Å²) in [7, 11) is 0. The largest absolute Gasteiger partial charge is 0.419 e. The van der Waals surface area contributed by atoms with E-state index in [1.165, 1.54) is 16.8 Å². The normalized spacial score (nSPS) is 11.5. The number of carbonyl (C=O) groups is 1. The van der Waals surface area contributed by atoms with Crippen molar-refractivity contribution in [1.82, 2.24) is 15.1 Å². The smallest absolute Gasteiger partial charge is 0.352 e. The van der Waals surface area contributed by atoms with E-state index in [4.69, 9.17) is 0 Å². The molecular formula is C19H14F5N3O. The van der Waals surface area contributed by atoms with Gasteiger partial charge in [0.15, 0.2) is 0 Å². The number of nitrogens with one attached hydrogen (secondary N) is 1. The summed E-state index contributed by atoms with van der Waals surface area (Å²) in [4.78, 5) is 12.0. The van der Waals surface area contributed by atoms with Crippen LogP contribution in [-0.2, 0) is 12.6 Å². The number of hydrogen-bond donors (Lipinski definition) is 1. The highest BCUT2D eigenvalue weighted by atomic mass is 19.4. The van der Waals surface area contributed by atoms with Gasteiger partial charge in [-0.05, 0) is 42.5 Å². The zero-order valence-electron chi connectivity index (χ0n) is 14.3. The highest BCUT2D eigenvalue weighted by Crippen LogP contribution is 2.32. The molecule has 0 atom stereocenters. The van der Waals surface area contributed by atoms with Crippen LogP contribution in [0.2, 0.25) is 0 Å². The van der Waals surface area contributed by atoms with Crippen LogP contribution in [0.25, 0.3) is 5.69 Å². The zero-order valence-corrected chi connectivity index (χ0v) is 14.3. The molecule has 4 nitrogen and oxygen atoms in total. The number of aromatic nitrogens is 2. The predicted molar refractivity (Wildman–Crippen MR) is 91.0 cm³/mol. The Kier molecular flexibility index (Phi) is 5.43. The molecule has 0 radical (unpaired) electrons. The molecule has 1 amide bonds. The second kappa shape index (κ2) is 7.79. The van der Waals surface area contributed by atoms with Crippen molar-refractivity contribution in [3.8, 4) is 5.69 Å². The van der Waals surface area contributed by atoms with E-state index in [0.29, 0.717) is 17.4 Å². The van der Waals surface area contributed by atoms with Gasteiger partial charge in [0.2, 0.25) is 0 Å². The molecule has 0 spiro atoms. The summed E-state index contributed by atoms with van der Waals surface area (Å²) in [5, 5.41) is 6.64. The molecule has 0 aliphatic carbocycles. The van der Waals surface area contributed by atoms with Crippen LogP contribution in [0.3, 0.4) is 0 Å². The Labute approximate surface area is 156 Å². The van der Waals surface area contributed by atoms with E-state index in [9.17, 15) is 26.7 Å². The molecule has 2 aromatic carbocycles. The average molecular weight is 395 g/mol. The van der Waals surface area contributed by atoms with Gasteiger partial charge < -0.3 is 5.32 Å². The summed E-state index contributed by atoms with van der Waals surface area (Å²) in [6.07, 6.45) is -2.95. The number of hydrogen-bond acceptors (Lipinski definition) is 2. The van der Waals surface area contributed by atoms with Crippen LogP contribution in [0.5, 0.6) is 0 Å². The van der Waals surface area contributed by atoms with Gasteiger partial charge in [0, 0.05) is 19.2 Å². The Morgan fingerprint density at radius 2 is 1.75 bits per heavy atom. The first-order valence-corrected chi connectivity index (χ1v) is 8.20. The van der Waals surface area contributed by atoms with Gasteiger partial charge in [0.1, 0.15) is 11.6 Å². The first-order valence-electron chi connectivity index (χ1n) is 8.20. The van der Waals surface area contributed by atoms with Gasteiger partial charge in [-0.15, -0.1) is 0 Å². The van der Waals surface area contributed by atoms with Gasteiger partial charge >= 0.3 is 6.18 Å². The summed E-state index contributed by atoms with van der Waals surface area (Å²) in [6, 6.07) is 9.90. The van der Waals surface area contributed by atoms with Gasteiger partial charge in [-0.1, -0.05) is 6.07 Å². The van der Waals surface area contributed by atoms with Crippen molar-refractivity contribution in [3.05, 3.63) is 83.2 Å². The van der Waals surface area contributed by atoms with E-state index in [1.54, 1.807) is 24.4 Å². The Bertz CT molecular complexity index is 980. The molecular weight excluding hydrogens is 381 g/mol. The van der Waals surface area contributed by atoms with Crippen LogP contribution in [0, 0.1) is 11.6 Å². The molecule has 0 fully saturated rings. The molecule has 146 valence electrons. The molecule has 0 bridgehead atoms. The Balaban J connectivity index is 1.61. The molecule has 0 unspecified atom stereocenters. The molecule has 1 N–H and O–H groups in total. The Morgan fingerprint density at radius 3 is 2.43 bits per heavy atom. The fourth-order valence-corrected chi connectivity index (χ4v) is 2.56. The average Bonchev–Trinajstić information content (AvgIpc) is 3.10. The molecule has 0 saturated carbocycles. The first-order chi connectivity index (χ1) is 13.3. The lowest BCUT2D eigenvalue weighted by Crippen LogP contribution is -2.27. The SMILES string of the molecule is O=C(NCCc1ccn(-c2ccc(F)cc2)n1)c1cccc(C(F)(F)F)c1F. The molecule has 0 saturated heterocycles. The minimum Gasteiger partial charge on any atom is -0.352 e. The summed E-state index contributed by atoms with van der Waals surface area (Å²) < 4.78 is 66.6. The van der Waals surface area contributed by atoms with E-state index in [2.05, 4.69) is 10.4 Å². The number of halogens is 5. The third kappa shape index (κ3) is 4.36. The zero-order chi connectivity index (χ0) is 20.3. The first kappa shape index (κ1) is 19.5. The van der Waals surface area contributed by atoms with Gasteiger partial charge in [-0.25, -0.2) is 13.5 Å². The van der Waals surface area contributed by atoms with Crippen LogP contribution >= 0.6 is 0 Å². The summed E-state index contributed by atoms with van der Waals surface area (Å²) in [5.41, 5.74) is -0.929. The third-order valence-electron chi connectivity index (χ3n) is 3.95. The second-order valence-electron chi connectivity index (χ2n) is 5.90. The highest BCUT2D eigenvalue weighted by molar-refractivity contribution is 5.94. The monoisotopic (exact) mass is 395 g/mol. The van der Waals surface area contributed by atoms with E-state index >= 15 is 0 Å². The minimum atomic E-state index is -4.88. The summed E-state index contributed by atoms with van der Waals surface area (Å²) in [6.45, 7) is 0.0505. The summed E-state index contributed by atoms with van der Waals surface area (Å²) >= 11 is 0. The van der Waals surface area contributed by atoms with E-state index in [-0.39, 0.29) is 18.8 Å². The topological polar surface area (TPSA) is 46.9 Å². The second-order valence-corrected chi connectivity index (χ2v) is 5.90. The standard InChI is InChI=1S/C19H14F5N3O/c20-12-4-6-14(7-5-12)27-11-9-13(26-27)8-10-25-18(28)15-2-1-3-16(17(15)21)19(22,23)24/h1-7,9,11H,8,10H2,(H,25,28). The lowest BCUT2D eigenvalue weighted by molar-refractivity contribution is -0.140. The number of carbonyl (C=O) groups excluding carboxylic acids is 1. The number of alkyl halides is 3. The molecule has 9 heteroatoms. The predicted octanol–water partition coefficient (Wildman–Crippen LogP) is 4.14. The van der Waals surface area contributed by atoms with E-state index in [1.807, 2.05) is 0 Å². The van der Waals surface area contributed by atoms with E-state index in [0.717, 1.165) is 12.1 Å². The molecule has 3 rings (SSSR count). The maximum atomic E-state index is 14.0. The molecule has 1 heterocycles. The maximum absolute atomic E-state index is 14.0. The van der Waals surface area contributed by atoms with Crippen LogP contribution in [0.1, 0.15) is 21.6 Å². The van der Waals surface area contributed by atoms with Crippen molar-refractivity contribution in [2.45, 2.75) is 12.6 Å². The Morgan fingerprint density at radius 1 is 1.04 bits per heavy atom. The fourth-order valence-electron chi connectivity index (χ4n) is 2.56. The van der Waals surface area contributed by atoms with Crippen LogP contribution in [-0.4, -0.2) is 22.2 Å². The minimum absolute atomic E-state index is 0.0505. The van der Waals surface area contributed by atoms with Crippen LogP contribution < -0.4 is 5.32 Å². The van der Waals surface area contributed by atoms with Crippen molar-refractivity contribution in [2.24, 2.45) is 0 Å². The van der Waals surface area contributed by atoms with Gasteiger partial charge in [-0.2, -0.15) is 18.3 Å². The maximum Gasteiger partial charge on any atom is 0.419 e. The summed E-state index contributed by atoms with van der Waals surface area (Å²) in [5.74, 6) is -2.92. The lowest BCUT2D eigenvalue weighted by Gasteiger charge is -2.11. The van der Waals surface area contributed by atoms with Gasteiger partial charge in [0.05, 0.1) is 22.5 Å². The molecule has 3 aromatic rings. The molecule has 0 aliphatic heterocycles. The van der Waals surface area contributed by atoms with Crippen molar-refractivity contribution in [2.75, 3.05) is 6.54 Å². The molecule has 1 aromatic heterocycles. The lowest BCUT2D eigenvalue weighted by atomic mass is 10.1.